The van der Waals surface area contributed by atoms with Crippen molar-refractivity contribution in [3.63, 3.8) is 0 Å². The molecule has 8 heteroatoms. The zero-order valence-corrected chi connectivity index (χ0v) is 16.4. The molecule has 0 spiro atoms. The lowest BCUT2D eigenvalue weighted by Crippen LogP contribution is -2.17. The monoisotopic (exact) mass is 432 g/mol. The molecule has 27 heavy (non-hydrogen) atoms. The molecule has 1 aromatic heterocycles. The summed E-state index contributed by atoms with van der Waals surface area (Å²) in [6.07, 6.45) is 5.77. The van der Waals surface area contributed by atoms with Gasteiger partial charge in [0, 0.05) is 11.0 Å². The third-order valence-corrected chi connectivity index (χ3v) is 5.04. The molecule has 0 radical (unpaired) electrons. The van der Waals surface area contributed by atoms with Crippen LogP contribution in [0.5, 0.6) is 0 Å². The second-order valence-corrected chi connectivity index (χ2v) is 7.45. The Balaban J connectivity index is 1.54. The lowest BCUT2D eigenvalue weighted by Gasteiger charge is -2.13. The van der Waals surface area contributed by atoms with Gasteiger partial charge in [-0.25, -0.2) is 4.98 Å². The second kappa shape index (κ2) is 8.94. The van der Waals surface area contributed by atoms with E-state index in [2.05, 4.69) is 31.2 Å². The molecule has 2 aromatic rings. The number of rotatable bonds is 8. The number of hydrogen-bond donors (Lipinski definition) is 2. The van der Waals surface area contributed by atoms with Gasteiger partial charge in [0.1, 0.15) is 12.2 Å². The number of aliphatic imine (C=N–C) groups is 1. The first-order valence-electron chi connectivity index (χ1n) is 8.85. The number of carboxylic acids is 1. The number of carbonyl (C=O) groups excluding carboxylic acids is 1. The Morgan fingerprint density at radius 1 is 1.37 bits per heavy atom. The summed E-state index contributed by atoms with van der Waals surface area (Å²) in [4.78, 5) is 31.9. The molecular formula is C19H21BrN4O3. The number of carboxylic acid groups (broad SMARTS) is 1. The predicted molar refractivity (Wildman–Crippen MR) is 106 cm³/mol. The highest BCUT2D eigenvalue weighted by molar-refractivity contribution is 9.10. The number of nitrogens with zero attached hydrogens (tertiary/aromatic N) is 3. The van der Waals surface area contributed by atoms with Crippen LogP contribution in [-0.4, -0.2) is 39.3 Å². The number of halogens is 1. The fourth-order valence-electron chi connectivity index (χ4n) is 3.19. The van der Waals surface area contributed by atoms with Gasteiger partial charge in [-0.1, -0.05) is 34.5 Å². The van der Waals surface area contributed by atoms with Gasteiger partial charge in [-0.3, -0.25) is 14.6 Å². The van der Waals surface area contributed by atoms with Gasteiger partial charge in [-0.15, -0.1) is 0 Å². The van der Waals surface area contributed by atoms with Gasteiger partial charge >= 0.3 is 5.97 Å². The molecule has 0 bridgehead atoms. The standard InChI is InChI=1S/C19H21BrN4O3/c20-15-6-3-4-13(9-15)8-14(19(26)27)5-1-2-7-24-12-23-18-17(24)16(25)10-21-11-22-18/h3-4,6,9,11-12,14H,1-2,5,7-8,10H2,(H,21,22)(H,26,27). The van der Waals surface area contributed by atoms with Gasteiger partial charge in [-0.05, 0) is 37.0 Å². The Labute approximate surface area is 165 Å². The number of fused-ring (bicyclic) bond motifs is 1. The summed E-state index contributed by atoms with van der Waals surface area (Å²) in [7, 11) is 0. The molecule has 2 N–H and O–H groups in total. The summed E-state index contributed by atoms with van der Waals surface area (Å²) in [6.45, 7) is 0.735. The van der Waals surface area contributed by atoms with Crippen LogP contribution >= 0.6 is 15.9 Å². The molecule has 1 aliphatic rings. The van der Waals surface area contributed by atoms with Crippen molar-refractivity contribution >= 4 is 39.8 Å². The number of aryl methyl sites for hydroxylation is 1. The van der Waals surface area contributed by atoms with E-state index in [9.17, 15) is 14.7 Å². The highest BCUT2D eigenvalue weighted by Crippen LogP contribution is 2.21. The SMILES string of the molecule is O=C1CN=CNc2ncn(CCCCC(Cc3cccc(Br)c3)C(=O)O)c21. The maximum Gasteiger partial charge on any atom is 0.306 e. The number of anilines is 1. The number of ketones is 1. The van der Waals surface area contributed by atoms with E-state index >= 15 is 0 Å². The molecule has 3 rings (SSSR count). The minimum Gasteiger partial charge on any atom is -0.481 e. The van der Waals surface area contributed by atoms with Crippen LogP contribution in [0, 0.1) is 5.92 Å². The van der Waals surface area contributed by atoms with E-state index in [-0.39, 0.29) is 12.3 Å². The highest BCUT2D eigenvalue weighted by Gasteiger charge is 2.21. The average molecular weight is 433 g/mol. The van der Waals surface area contributed by atoms with Crippen LogP contribution in [0.1, 0.15) is 35.3 Å². The minimum atomic E-state index is -0.775. The van der Waals surface area contributed by atoms with Gasteiger partial charge in [-0.2, -0.15) is 0 Å². The lowest BCUT2D eigenvalue weighted by atomic mass is 9.94. The topological polar surface area (TPSA) is 96.6 Å². The van der Waals surface area contributed by atoms with Gasteiger partial charge in [0.05, 0.1) is 18.6 Å². The number of carbonyl (C=O) groups is 2. The molecule has 1 aromatic carbocycles. The molecule has 1 aliphatic heterocycles. The largest absolute Gasteiger partial charge is 0.481 e. The van der Waals surface area contributed by atoms with Crippen LogP contribution in [0.25, 0.3) is 0 Å². The van der Waals surface area contributed by atoms with E-state index in [1.807, 2.05) is 28.8 Å². The zero-order chi connectivity index (χ0) is 19.2. The van der Waals surface area contributed by atoms with E-state index < -0.39 is 11.9 Å². The van der Waals surface area contributed by atoms with Crippen molar-refractivity contribution in [1.82, 2.24) is 9.55 Å². The maximum atomic E-state index is 12.2. The Morgan fingerprint density at radius 2 is 2.22 bits per heavy atom. The summed E-state index contributed by atoms with van der Waals surface area (Å²) in [5, 5.41) is 12.4. The van der Waals surface area contributed by atoms with Crippen molar-refractivity contribution < 1.29 is 14.7 Å². The van der Waals surface area contributed by atoms with Crippen LogP contribution in [0.15, 0.2) is 40.1 Å². The predicted octanol–water partition coefficient (Wildman–Crippen LogP) is 3.40. The number of Topliss-reactive ketones (excluding diaryl/α,β-unsaturated/α-hetero) is 1. The van der Waals surface area contributed by atoms with Gasteiger partial charge in [0.2, 0.25) is 5.78 Å². The molecule has 2 heterocycles. The molecular weight excluding hydrogens is 412 g/mol. The number of unbranched alkanes of at least 4 members (excludes halogenated alkanes) is 1. The van der Waals surface area contributed by atoms with Gasteiger partial charge < -0.3 is 15.0 Å². The molecule has 0 fully saturated rings. The third kappa shape index (κ3) is 5.03. The van der Waals surface area contributed by atoms with Crippen molar-refractivity contribution in [1.29, 1.82) is 0 Å². The van der Waals surface area contributed by atoms with Crippen LogP contribution in [0.2, 0.25) is 0 Å². The molecule has 0 amide bonds. The highest BCUT2D eigenvalue weighted by atomic mass is 79.9. The summed E-state index contributed by atoms with van der Waals surface area (Å²) >= 11 is 3.42. The summed E-state index contributed by atoms with van der Waals surface area (Å²) < 4.78 is 2.77. The lowest BCUT2D eigenvalue weighted by molar-refractivity contribution is -0.142. The quantitative estimate of drug-likeness (QED) is 0.623. The summed E-state index contributed by atoms with van der Waals surface area (Å²) in [6, 6.07) is 7.74. The fraction of sp³-hybridized carbons (Fsp3) is 0.368. The Morgan fingerprint density at radius 3 is 3.00 bits per heavy atom. The zero-order valence-electron chi connectivity index (χ0n) is 14.8. The van der Waals surface area contributed by atoms with Crippen LogP contribution in [0.3, 0.4) is 0 Å². The summed E-state index contributed by atoms with van der Waals surface area (Å²) in [5.74, 6) is -0.736. The van der Waals surface area contributed by atoms with Crippen molar-refractivity contribution in [2.75, 3.05) is 11.9 Å². The second-order valence-electron chi connectivity index (χ2n) is 6.54. The number of imidazole rings is 1. The number of benzene rings is 1. The first-order valence-corrected chi connectivity index (χ1v) is 9.64. The van der Waals surface area contributed by atoms with Gasteiger partial charge in [0.15, 0.2) is 5.82 Å². The molecule has 0 aliphatic carbocycles. The number of nitrogens with one attached hydrogen (secondary N) is 1. The fourth-order valence-corrected chi connectivity index (χ4v) is 3.64. The van der Waals surface area contributed by atoms with E-state index in [4.69, 9.17) is 0 Å². The molecule has 0 saturated carbocycles. The van der Waals surface area contributed by atoms with E-state index in [0.717, 1.165) is 22.9 Å². The number of aliphatic carboxylic acids is 1. The van der Waals surface area contributed by atoms with E-state index in [0.29, 0.717) is 30.9 Å². The average Bonchev–Trinajstić information content (AvgIpc) is 2.94. The molecule has 1 unspecified atom stereocenters. The van der Waals surface area contributed by atoms with Gasteiger partial charge in [0.25, 0.3) is 0 Å². The Bertz CT molecular complexity index is 862. The smallest absolute Gasteiger partial charge is 0.306 e. The third-order valence-electron chi connectivity index (χ3n) is 4.55. The van der Waals surface area contributed by atoms with Crippen LogP contribution in [-0.2, 0) is 17.8 Å². The Kier molecular flexibility index (Phi) is 6.39. The van der Waals surface area contributed by atoms with Crippen LogP contribution in [0.4, 0.5) is 5.82 Å². The van der Waals surface area contributed by atoms with Crippen molar-refractivity contribution in [2.24, 2.45) is 10.9 Å². The first kappa shape index (κ1) is 19.3. The molecule has 7 nitrogen and oxygen atoms in total. The van der Waals surface area contributed by atoms with Crippen molar-refractivity contribution in [3.8, 4) is 0 Å². The summed E-state index contributed by atoms with van der Waals surface area (Å²) in [5.41, 5.74) is 1.55. The Hall–Kier alpha value is -2.48. The molecule has 0 saturated heterocycles. The number of aromatic nitrogens is 2. The minimum absolute atomic E-state index is 0.0678. The van der Waals surface area contributed by atoms with Crippen LogP contribution < -0.4 is 5.32 Å². The molecule has 142 valence electrons. The van der Waals surface area contributed by atoms with E-state index in [1.165, 1.54) is 6.34 Å². The first-order chi connectivity index (χ1) is 13.0. The van der Waals surface area contributed by atoms with Crippen molar-refractivity contribution in [2.45, 2.75) is 32.2 Å². The van der Waals surface area contributed by atoms with Crippen molar-refractivity contribution in [3.05, 3.63) is 46.3 Å². The molecule has 1 atom stereocenters. The maximum absolute atomic E-state index is 12.2. The number of hydrogen-bond acceptors (Lipinski definition) is 5. The van der Waals surface area contributed by atoms with E-state index in [1.54, 1.807) is 6.33 Å². The normalized spacial score (nSPS) is 14.3.